The molecule has 5 nitrogen and oxygen atoms in total. The fourth-order valence-corrected chi connectivity index (χ4v) is 2.51. The predicted molar refractivity (Wildman–Crippen MR) is 80.9 cm³/mol. The van der Waals surface area contributed by atoms with Crippen LogP contribution in [0.25, 0.3) is 11.1 Å². The van der Waals surface area contributed by atoms with Gasteiger partial charge in [0.05, 0.1) is 17.9 Å². The maximum Gasteiger partial charge on any atom is 0.254 e. The number of halogens is 1. The van der Waals surface area contributed by atoms with E-state index in [0.29, 0.717) is 23.4 Å². The zero-order chi connectivity index (χ0) is 16.4. The van der Waals surface area contributed by atoms with Crippen LogP contribution in [0.1, 0.15) is 28.5 Å². The Hall–Kier alpha value is -2.47. The number of rotatable bonds is 4. The predicted octanol–water partition coefficient (Wildman–Crippen LogP) is 1.57. The lowest BCUT2D eigenvalue weighted by molar-refractivity contribution is 0.0998. The van der Waals surface area contributed by atoms with Gasteiger partial charge in [-0.15, -0.1) is 0 Å². The Kier molecular flexibility index (Phi) is 4.42. The largest absolute Gasteiger partial charge is 0.390 e. The van der Waals surface area contributed by atoms with E-state index in [0.717, 1.165) is 0 Å². The van der Waals surface area contributed by atoms with Crippen LogP contribution in [0.5, 0.6) is 0 Å². The lowest BCUT2D eigenvalue weighted by Gasteiger charge is -2.17. The second-order valence-electron chi connectivity index (χ2n) is 4.96. The number of benzene rings is 1. The van der Waals surface area contributed by atoms with Crippen molar-refractivity contribution in [1.82, 2.24) is 4.57 Å². The number of amides is 1. The van der Waals surface area contributed by atoms with Crippen molar-refractivity contribution in [3.05, 3.63) is 57.3 Å². The molecule has 116 valence electrons. The first-order valence-electron chi connectivity index (χ1n) is 6.84. The van der Waals surface area contributed by atoms with Gasteiger partial charge >= 0.3 is 0 Å². The molecule has 22 heavy (non-hydrogen) atoms. The average molecular weight is 304 g/mol. The lowest BCUT2D eigenvalue weighted by atomic mass is 9.96. The van der Waals surface area contributed by atoms with Crippen LogP contribution in [0.4, 0.5) is 4.39 Å². The number of carbonyl (C=O) groups is 1. The van der Waals surface area contributed by atoms with E-state index in [4.69, 9.17) is 5.73 Å². The third-order valence-corrected chi connectivity index (χ3v) is 3.61. The number of aromatic nitrogens is 1. The van der Waals surface area contributed by atoms with Crippen molar-refractivity contribution in [2.45, 2.75) is 27.0 Å². The molecule has 6 heteroatoms. The van der Waals surface area contributed by atoms with Gasteiger partial charge in [0.15, 0.2) is 0 Å². The SMILES string of the molecule is CCn1cc(C(N)=O)c(=O)c(-c2ccc(F)cc2C)c1CO. The minimum absolute atomic E-state index is 0.155. The number of aliphatic hydroxyl groups excluding tert-OH is 1. The number of carbonyl (C=O) groups excluding carboxylic acids is 1. The number of aliphatic hydroxyl groups is 1. The number of nitrogens with zero attached hydrogens (tertiary/aromatic N) is 1. The molecule has 0 saturated heterocycles. The van der Waals surface area contributed by atoms with E-state index in [9.17, 15) is 19.1 Å². The minimum atomic E-state index is -0.835. The maximum absolute atomic E-state index is 13.3. The van der Waals surface area contributed by atoms with Crippen molar-refractivity contribution in [3.8, 4) is 11.1 Å². The molecule has 0 spiro atoms. The van der Waals surface area contributed by atoms with Gasteiger partial charge in [0.2, 0.25) is 5.43 Å². The molecule has 0 saturated carbocycles. The van der Waals surface area contributed by atoms with Gasteiger partial charge in [-0.25, -0.2) is 4.39 Å². The van der Waals surface area contributed by atoms with E-state index < -0.39 is 17.2 Å². The Bertz CT molecular complexity index is 797. The van der Waals surface area contributed by atoms with Gasteiger partial charge < -0.3 is 15.4 Å². The molecule has 1 aromatic carbocycles. The molecule has 0 unspecified atom stereocenters. The van der Waals surface area contributed by atoms with E-state index in [1.807, 2.05) is 6.92 Å². The van der Waals surface area contributed by atoms with Crippen molar-refractivity contribution in [3.63, 3.8) is 0 Å². The van der Waals surface area contributed by atoms with Crippen molar-refractivity contribution in [2.75, 3.05) is 0 Å². The summed E-state index contributed by atoms with van der Waals surface area (Å²) in [5.41, 5.74) is 6.11. The molecule has 3 N–H and O–H groups in total. The summed E-state index contributed by atoms with van der Waals surface area (Å²) in [5.74, 6) is -1.26. The van der Waals surface area contributed by atoms with E-state index >= 15 is 0 Å². The second kappa shape index (κ2) is 6.11. The number of aryl methyl sites for hydroxylation is 2. The molecular weight excluding hydrogens is 287 g/mol. The standard InChI is InChI=1S/C16H17FN2O3/c1-3-19-7-12(16(18)22)15(21)14(13(19)8-20)11-5-4-10(17)6-9(11)2/h4-7,20H,3,8H2,1-2H3,(H2,18,22). The quantitative estimate of drug-likeness (QED) is 0.899. The van der Waals surface area contributed by atoms with Gasteiger partial charge in [-0.05, 0) is 37.1 Å². The molecule has 1 amide bonds. The molecule has 0 bridgehead atoms. The minimum Gasteiger partial charge on any atom is -0.390 e. The highest BCUT2D eigenvalue weighted by molar-refractivity contribution is 5.94. The summed E-state index contributed by atoms with van der Waals surface area (Å²) in [4.78, 5) is 24.1. The molecule has 0 aliphatic carbocycles. The molecule has 0 atom stereocenters. The van der Waals surface area contributed by atoms with Crippen molar-refractivity contribution < 1.29 is 14.3 Å². The number of primary amides is 1. The highest BCUT2D eigenvalue weighted by atomic mass is 19.1. The van der Waals surface area contributed by atoms with Crippen molar-refractivity contribution >= 4 is 5.91 Å². The fourth-order valence-electron chi connectivity index (χ4n) is 2.51. The van der Waals surface area contributed by atoms with Gasteiger partial charge in [0, 0.05) is 12.7 Å². The Morgan fingerprint density at radius 3 is 2.59 bits per heavy atom. The normalized spacial score (nSPS) is 10.7. The molecule has 0 aliphatic heterocycles. The van der Waals surface area contributed by atoms with Crippen LogP contribution >= 0.6 is 0 Å². The zero-order valence-corrected chi connectivity index (χ0v) is 12.4. The number of nitrogens with two attached hydrogens (primary N) is 1. The summed E-state index contributed by atoms with van der Waals surface area (Å²) in [6, 6.07) is 3.99. The second-order valence-corrected chi connectivity index (χ2v) is 4.96. The van der Waals surface area contributed by atoms with E-state index in [1.165, 1.54) is 24.4 Å². The third kappa shape index (κ3) is 2.65. The molecule has 1 heterocycles. The smallest absolute Gasteiger partial charge is 0.254 e. The zero-order valence-electron chi connectivity index (χ0n) is 12.4. The van der Waals surface area contributed by atoms with Gasteiger partial charge in [-0.3, -0.25) is 9.59 Å². The van der Waals surface area contributed by atoms with Crippen LogP contribution in [-0.2, 0) is 13.2 Å². The first-order chi connectivity index (χ1) is 10.4. The first kappa shape index (κ1) is 15.9. The van der Waals surface area contributed by atoms with Crippen molar-refractivity contribution in [2.24, 2.45) is 5.73 Å². The average Bonchev–Trinajstić information content (AvgIpc) is 2.47. The summed E-state index contributed by atoms with van der Waals surface area (Å²) in [6.45, 7) is 3.54. The Labute approximate surface area is 126 Å². The van der Waals surface area contributed by atoms with Gasteiger partial charge in [-0.1, -0.05) is 6.07 Å². The topological polar surface area (TPSA) is 85.3 Å². The van der Waals surface area contributed by atoms with Gasteiger partial charge in [-0.2, -0.15) is 0 Å². The fraction of sp³-hybridized carbons (Fsp3) is 0.250. The monoisotopic (exact) mass is 304 g/mol. The number of pyridine rings is 1. The summed E-state index contributed by atoms with van der Waals surface area (Å²) in [6.07, 6.45) is 1.35. The molecule has 2 rings (SSSR count). The summed E-state index contributed by atoms with van der Waals surface area (Å²) >= 11 is 0. The van der Waals surface area contributed by atoms with Gasteiger partial charge in [0.25, 0.3) is 5.91 Å². The number of hydrogen-bond donors (Lipinski definition) is 2. The summed E-state index contributed by atoms with van der Waals surface area (Å²) in [7, 11) is 0. The molecule has 0 fully saturated rings. The van der Waals surface area contributed by atoms with E-state index in [-0.39, 0.29) is 17.7 Å². The van der Waals surface area contributed by atoms with Crippen LogP contribution in [-0.4, -0.2) is 15.6 Å². The highest BCUT2D eigenvalue weighted by Gasteiger charge is 2.20. The summed E-state index contributed by atoms with van der Waals surface area (Å²) in [5, 5.41) is 9.64. The van der Waals surface area contributed by atoms with Crippen LogP contribution in [0.2, 0.25) is 0 Å². The lowest BCUT2D eigenvalue weighted by Crippen LogP contribution is -2.27. The Morgan fingerprint density at radius 2 is 2.09 bits per heavy atom. The van der Waals surface area contributed by atoms with Gasteiger partial charge in [0.1, 0.15) is 11.4 Å². The van der Waals surface area contributed by atoms with E-state index in [2.05, 4.69) is 0 Å². The Balaban J connectivity index is 2.91. The molecular formula is C16H17FN2O3. The third-order valence-electron chi connectivity index (χ3n) is 3.61. The first-order valence-corrected chi connectivity index (χ1v) is 6.84. The van der Waals surface area contributed by atoms with E-state index in [1.54, 1.807) is 11.5 Å². The van der Waals surface area contributed by atoms with Crippen molar-refractivity contribution in [1.29, 1.82) is 0 Å². The van der Waals surface area contributed by atoms with Crippen LogP contribution in [0, 0.1) is 12.7 Å². The Morgan fingerprint density at radius 1 is 1.41 bits per heavy atom. The summed E-state index contributed by atoms with van der Waals surface area (Å²) < 4.78 is 14.9. The van der Waals surface area contributed by atoms with Crippen LogP contribution in [0.3, 0.4) is 0 Å². The molecule has 1 aromatic heterocycles. The molecule has 0 aliphatic rings. The molecule has 2 aromatic rings. The maximum atomic E-state index is 13.3. The number of hydrogen-bond acceptors (Lipinski definition) is 3. The van der Waals surface area contributed by atoms with Crippen LogP contribution < -0.4 is 11.2 Å². The molecule has 0 radical (unpaired) electrons. The van der Waals surface area contributed by atoms with Crippen LogP contribution in [0.15, 0.2) is 29.2 Å². The highest BCUT2D eigenvalue weighted by Crippen LogP contribution is 2.25.